The third kappa shape index (κ3) is 7.19. The molecule has 11 heteroatoms. The van der Waals surface area contributed by atoms with E-state index < -0.39 is 41.3 Å². The predicted molar refractivity (Wildman–Crippen MR) is 189 cm³/mol. The van der Waals surface area contributed by atoms with Gasteiger partial charge in [-0.1, -0.05) is 41.5 Å². The van der Waals surface area contributed by atoms with Gasteiger partial charge in [0.15, 0.2) is 11.6 Å². The average Bonchev–Trinajstić information content (AvgIpc) is 3.75. The van der Waals surface area contributed by atoms with Crippen molar-refractivity contribution in [2.45, 2.75) is 192 Å². The van der Waals surface area contributed by atoms with Crippen molar-refractivity contribution >= 4 is 5.97 Å². The molecular weight excluding hydrogens is 656 g/mol. The summed E-state index contributed by atoms with van der Waals surface area (Å²) in [4.78, 5) is 11.8. The molecule has 0 aliphatic carbocycles. The van der Waals surface area contributed by atoms with Crippen molar-refractivity contribution in [2.24, 2.45) is 41.4 Å². The second-order valence-electron chi connectivity index (χ2n) is 18.4. The second-order valence-corrected chi connectivity index (χ2v) is 18.4. The predicted octanol–water partition coefficient (Wildman–Crippen LogP) is 5.71. The molecule has 51 heavy (non-hydrogen) atoms. The van der Waals surface area contributed by atoms with E-state index in [0.29, 0.717) is 6.42 Å². The Hall–Kier alpha value is -0.890. The normalized spacial score (nSPS) is 54.2. The first-order valence-corrected chi connectivity index (χ1v) is 20.0. The zero-order valence-corrected chi connectivity index (χ0v) is 32.8. The summed E-state index contributed by atoms with van der Waals surface area (Å²) in [6.07, 6.45) is 5.85. The van der Waals surface area contributed by atoms with Crippen molar-refractivity contribution in [3.8, 4) is 0 Å². The van der Waals surface area contributed by atoms with Crippen LogP contribution >= 0.6 is 0 Å². The van der Waals surface area contributed by atoms with Crippen molar-refractivity contribution in [2.75, 3.05) is 13.7 Å². The molecule has 0 aromatic heterocycles. The van der Waals surface area contributed by atoms with E-state index in [-0.39, 0.29) is 84.3 Å². The van der Waals surface area contributed by atoms with E-state index in [1.54, 1.807) is 14.0 Å². The number of aliphatic hydroxyl groups excluding tert-OH is 1. The van der Waals surface area contributed by atoms with Gasteiger partial charge in [-0.3, -0.25) is 4.79 Å². The Morgan fingerprint density at radius 3 is 2.25 bits per heavy atom. The van der Waals surface area contributed by atoms with Gasteiger partial charge in [0.1, 0.15) is 0 Å². The maximum atomic E-state index is 11.8. The first kappa shape index (κ1) is 39.8. The van der Waals surface area contributed by atoms with E-state index in [2.05, 4.69) is 48.5 Å². The van der Waals surface area contributed by atoms with Gasteiger partial charge in [-0.05, 0) is 83.5 Å². The van der Waals surface area contributed by atoms with Gasteiger partial charge in [-0.2, -0.15) is 0 Å². The van der Waals surface area contributed by atoms with Crippen LogP contribution in [0.15, 0.2) is 0 Å². The minimum absolute atomic E-state index is 0.00727. The lowest BCUT2D eigenvalue weighted by Crippen LogP contribution is -2.58. The third-order valence-electron chi connectivity index (χ3n) is 14.4. The highest BCUT2D eigenvalue weighted by Gasteiger charge is 2.65. The number of aliphatic carboxylic acids is 1. The molecule has 11 nitrogen and oxygen atoms in total. The van der Waals surface area contributed by atoms with Crippen LogP contribution in [0.25, 0.3) is 0 Å². The highest BCUT2D eigenvalue weighted by Crippen LogP contribution is 2.57. The number of ether oxygens (including phenoxy) is 7. The number of hydrogen-bond acceptors (Lipinski definition) is 10. The number of rotatable bonds is 9. The van der Waals surface area contributed by atoms with Crippen LogP contribution in [0.4, 0.5) is 0 Å². The van der Waals surface area contributed by atoms with Gasteiger partial charge >= 0.3 is 5.97 Å². The number of carboxylic acid groups (broad SMARTS) is 1. The SMILES string of the molecule is CO[C@@H]1C[C@@H](C[C@@H]2CC[C@H](C)[C@H]([C@@H](C)C(=O)O)O2)O[C@]2(O[C@](C)([C@H]3CC[C@@](C)([C@@H]4O[C@@H]([C@H]5O[C@@](O)(CO)[C@H](C)C[C@@H]5C)C[C@@H]4C)O3)C[C@H]2C)[C@@H]1C. The summed E-state index contributed by atoms with van der Waals surface area (Å²) in [6, 6.07) is 0. The van der Waals surface area contributed by atoms with Crippen LogP contribution in [0.3, 0.4) is 0 Å². The van der Waals surface area contributed by atoms with Crippen LogP contribution in [-0.2, 0) is 38.0 Å². The first-order valence-electron chi connectivity index (χ1n) is 20.0. The smallest absolute Gasteiger partial charge is 0.308 e. The maximum Gasteiger partial charge on any atom is 0.308 e. The molecule has 0 amide bonds. The van der Waals surface area contributed by atoms with E-state index in [4.69, 9.17) is 33.2 Å². The standard InChI is InChI=1S/C40H68O11/c1-21-11-12-28(46-33(21)26(6)36(42)43)17-29-18-30(45-10)27(7)40(48-29)25(5)19-38(9,51-40)32-13-14-37(8,49-32)35-23(3)16-31(47-35)34-22(2)15-24(4)39(44,20-41)50-34/h21-35,41,44H,11-20H2,1-10H3,(H,42,43)/t21-,22-,23-,24+,25+,26+,27+,28-,29+,30+,31+,32+,33+,34-,35+,37-,38-,39-,40+/m0/s1. The van der Waals surface area contributed by atoms with E-state index in [0.717, 1.165) is 51.4 Å². The quantitative estimate of drug-likeness (QED) is 0.269. The summed E-state index contributed by atoms with van der Waals surface area (Å²) in [7, 11) is 1.77. The van der Waals surface area contributed by atoms with Gasteiger partial charge < -0.3 is 48.5 Å². The van der Waals surface area contributed by atoms with Gasteiger partial charge in [0, 0.05) is 37.7 Å². The fourth-order valence-electron chi connectivity index (χ4n) is 11.3. The van der Waals surface area contributed by atoms with Crippen molar-refractivity contribution in [3.05, 3.63) is 0 Å². The number of hydrogen-bond donors (Lipinski definition) is 3. The van der Waals surface area contributed by atoms with Crippen LogP contribution in [0.5, 0.6) is 0 Å². The fraction of sp³-hybridized carbons (Fsp3) is 0.975. The molecule has 6 aliphatic rings. The lowest BCUT2D eigenvalue weighted by Gasteiger charge is -2.50. The van der Waals surface area contributed by atoms with Crippen LogP contribution in [0.1, 0.15) is 120 Å². The van der Waals surface area contributed by atoms with Gasteiger partial charge in [-0.15, -0.1) is 0 Å². The molecule has 6 rings (SSSR count). The lowest BCUT2D eigenvalue weighted by molar-refractivity contribution is -0.353. The Labute approximate surface area is 305 Å². The summed E-state index contributed by atoms with van der Waals surface area (Å²) in [6.45, 7) is 18.4. The van der Waals surface area contributed by atoms with Crippen molar-refractivity contribution in [3.63, 3.8) is 0 Å². The van der Waals surface area contributed by atoms with Gasteiger partial charge in [0.25, 0.3) is 0 Å². The van der Waals surface area contributed by atoms with Gasteiger partial charge in [0.2, 0.25) is 0 Å². The van der Waals surface area contributed by atoms with E-state index in [1.807, 2.05) is 6.92 Å². The molecule has 3 N–H and O–H groups in total. The Kier molecular flexibility index (Phi) is 11.4. The third-order valence-corrected chi connectivity index (χ3v) is 14.4. The zero-order valence-electron chi connectivity index (χ0n) is 32.8. The van der Waals surface area contributed by atoms with Crippen LogP contribution in [-0.4, -0.2) is 107 Å². The lowest BCUT2D eigenvalue weighted by atomic mass is 9.78. The Morgan fingerprint density at radius 1 is 0.863 bits per heavy atom. The molecule has 0 bridgehead atoms. The summed E-state index contributed by atoms with van der Waals surface area (Å²) in [5, 5.41) is 30.7. The minimum atomic E-state index is -1.55. The molecule has 0 unspecified atom stereocenters. The molecule has 294 valence electrons. The summed E-state index contributed by atoms with van der Waals surface area (Å²) in [5.74, 6) is -3.26. The summed E-state index contributed by atoms with van der Waals surface area (Å²) in [5.41, 5.74) is -1.10. The number of aliphatic hydroxyl groups is 2. The highest BCUT2D eigenvalue weighted by molar-refractivity contribution is 5.70. The minimum Gasteiger partial charge on any atom is -0.481 e. The summed E-state index contributed by atoms with van der Waals surface area (Å²) >= 11 is 0. The summed E-state index contributed by atoms with van der Waals surface area (Å²) < 4.78 is 47.0. The Morgan fingerprint density at radius 2 is 1.59 bits per heavy atom. The molecule has 0 aromatic rings. The van der Waals surface area contributed by atoms with Crippen LogP contribution in [0.2, 0.25) is 0 Å². The molecule has 19 atom stereocenters. The maximum absolute atomic E-state index is 11.8. The molecular formula is C40H68O11. The number of methoxy groups -OCH3 is 1. The van der Waals surface area contributed by atoms with Gasteiger partial charge in [-0.25, -0.2) is 0 Å². The Bertz CT molecular complexity index is 1230. The van der Waals surface area contributed by atoms with Gasteiger partial charge in [0.05, 0.1) is 72.6 Å². The molecule has 0 radical (unpaired) electrons. The molecule has 0 saturated carbocycles. The number of carboxylic acids is 1. The van der Waals surface area contributed by atoms with E-state index >= 15 is 0 Å². The molecule has 6 fully saturated rings. The first-order chi connectivity index (χ1) is 23.9. The molecule has 0 aromatic carbocycles. The molecule has 6 saturated heterocycles. The Balaban J connectivity index is 1.13. The second kappa shape index (κ2) is 14.6. The highest BCUT2D eigenvalue weighted by atomic mass is 16.7. The molecule has 6 aliphatic heterocycles. The van der Waals surface area contributed by atoms with E-state index in [1.165, 1.54) is 0 Å². The van der Waals surface area contributed by atoms with Crippen molar-refractivity contribution in [1.29, 1.82) is 0 Å². The fourth-order valence-corrected chi connectivity index (χ4v) is 11.3. The topological polar surface area (TPSA) is 142 Å². The monoisotopic (exact) mass is 724 g/mol. The van der Waals surface area contributed by atoms with Crippen LogP contribution in [0, 0.1) is 41.4 Å². The van der Waals surface area contributed by atoms with Crippen molar-refractivity contribution < 1.29 is 53.3 Å². The molecule has 1 spiro atoms. The van der Waals surface area contributed by atoms with Crippen molar-refractivity contribution in [1.82, 2.24) is 0 Å². The number of carbonyl (C=O) groups is 1. The zero-order chi connectivity index (χ0) is 37.3. The van der Waals surface area contributed by atoms with Crippen LogP contribution < -0.4 is 0 Å². The largest absolute Gasteiger partial charge is 0.481 e. The van der Waals surface area contributed by atoms with E-state index in [9.17, 15) is 20.1 Å². The average molecular weight is 725 g/mol. The molecule has 6 heterocycles.